The van der Waals surface area contributed by atoms with Crippen molar-refractivity contribution in [1.29, 1.82) is 0 Å². The molecule has 1 aromatic carbocycles. The smallest absolute Gasteiger partial charge is 0.213 e. The lowest BCUT2D eigenvalue weighted by Gasteiger charge is -2.45. The molecule has 0 spiro atoms. The van der Waals surface area contributed by atoms with E-state index >= 15 is 0 Å². The van der Waals surface area contributed by atoms with Gasteiger partial charge in [-0.1, -0.05) is 30.3 Å². The first-order chi connectivity index (χ1) is 9.99. The number of sulfonamides is 1. The van der Waals surface area contributed by atoms with Crippen molar-refractivity contribution in [1.82, 2.24) is 9.21 Å². The van der Waals surface area contributed by atoms with Crippen LogP contribution in [0.3, 0.4) is 0 Å². The number of likely N-dealkylation sites (N-methyl/N-ethyl adjacent to an activating group) is 1. The van der Waals surface area contributed by atoms with Crippen LogP contribution in [0.25, 0.3) is 0 Å². The van der Waals surface area contributed by atoms with Crippen molar-refractivity contribution in [2.75, 3.05) is 32.4 Å². The molecule has 0 saturated carbocycles. The number of benzene rings is 1. The van der Waals surface area contributed by atoms with Gasteiger partial charge in [-0.15, -0.1) is 0 Å². The van der Waals surface area contributed by atoms with E-state index < -0.39 is 10.0 Å². The van der Waals surface area contributed by atoms with Gasteiger partial charge >= 0.3 is 0 Å². The SMILES string of the molecule is CCS(=O)(=O)N1CCC2(c3ccccc3)CCN(C)C2C1. The van der Waals surface area contributed by atoms with E-state index in [4.69, 9.17) is 0 Å². The van der Waals surface area contributed by atoms with Crippen LogP contribution < -0.4 is 0 Å². The van der Waals surface area contributed by atoms with Crippen LogP contribution in [-0.4, -0.2) is 56.1 Å². The van der Waals surface area contributed by atoms with Crippen LogP contribution >= 0.6 is 0 Å². The fourth-order valence-corrected chi connectivity index (χ4v) is 5.12. The minimum absolute atomic E-state index is 0.121. The summed E-state index contributed by atoms with van der Waals surface area (Å²) in [5.41, 5.74) is 1.49. The normalized spacial score (nSPS) is 31.2. The summed E-state index contributed by atoms with van der Waals surface area (Å²) >= 11 is 0. The molecule has 2 aliphatic rings. The van der Waals surface area contributed by atoms with Gasteiger partial charge in [-0.3, -0.25) is 0 Å². The molecule has 4 nitrogen and oxygen atoms in total. The van der Waals surface area contributed by atoms with Gasteiger partial charge < -0.3 is 4.90 Å². The van der Waals surface area contributed by atoms with E-state index in [-0.39, 0.29) is 17.2 Å². The van der Waals surface area contributed by atoms with Crippen LogP contribution in [0.1, 0.15) is 25.3 Å². The van der Waals surface area contributed by atoms with Crippen molar-refractivity contribution in [3.05, 3.63) is 35.9 Å². The zero-order valence-electron chi connectivity index (χ0n) is 12.8. The molecule has 0 bridgehead atoms. The number of hydrogen-bond donors (Lipinski definition) is 0. The van der Waals surface area contributed by atoms with E-state index in [2.05, 4.69) is 36.2 Å². The maximum Gasteiger partial charge on any atom is 0.213 e. The highest BCUT2D eigenvalue weighted by Crippen LogP contribution is 2.45. The van der Waals surface area contributed by atoms with Gasteiger partial charge in [-0.05, 0) is 38.9 Å². The monoisotopic (exact) mass is 308 g/mol. The quantitative estimate of drug-likeness (QED) is 0.853. The summed E-state index contributed by atoms with van der Waals surface area (Å²) in [6.07, 6.45) is 2.05. The van der Waals surface area contributed by atoms with E-state index in [1.807, 2.05) is 6.07 Å². The highest BCUT2D eigenvalue weighted by molar-refractivity contribution is 7.89. The maximum atomic E-state index is 12.2. The minimum atomic E-state index is -3.09. The molecule has 0 amide bonds. The number of likely N-dealkylation sites (tertiary alicyclic amines) is 1. The zero-order chi connectivity index (χ0) is 15.1. The molecule has 2 saturated heterocycles. The van der Waals surface area contributed by atoms with E-state index in [1.165, 1.54) is 5.56 Å². The highest BCUT2D eigenvalue weighted by Gasteiger charge is 2.51. The Morgan fingerprint density at radius 3 is 2.52 bits per heavy atom. The molecule has 3 rings (SSSR count). The third-order valence-corrected chi connectivity index (χ3v) is 7.22. The van der Waals surface area contributed by atoms with Crippen molar-refractivity contribution in [2.45, 2.75) is 31.2 Å². The van der Waals surface area contributed by atoms with Gasteiger partial charge in [-0.2, -0.15) is 0 Å². The summed E-state index contributed by atoms with van der Waals surface area (Å²) in [4.78, 5) is 2.34. The fraction of sp³-hybridized carbons (Fsp3) is 0.625. The predicted molar refractivity (Wildman–Crippen MR) is 84.8 cm³/mol. The van der Waals surface area contributed by atoms with Crippen molar-refractivity contribution in [2.24, 2.45) is 0 Å². The van der Waals surface area contributed by atoms with Crippen molar-refractivity contribution in [3.8, 4) is 0 Å². The Balaban J connectivity index is 1.94. The summed E-state index contributed by atoms with van der Waals surface area (Å²) in [7, 11) is -0.963. The topological polar surface area (TPSA) is 40.6 Å². The molecule has 116 valence electrons. The largest absolute Gasteiger partial charge is 0.301 e. The number of piperidine rings is 1. The van der Waals surface area contributed by atoms with Crippen LogP contribution in [0.2, 0.25) is 0 Å². The molecule has 1 aromatic rings. The fourth-order valence-electron chi connectivity index (χ4n) is 4.02. The molecular formula is C16H24N2O2S. The molecule has 0 aromatic heterocycles. The van der Waals surface area contributed by atoms with Crippen LogP contribution in [0, 0.1) is 0 Å². The molecule has 2 fully saturated rings. The number of rotatable bonds is 3. The average molecular weight is 308 g/mol. The average Bonchev–Trinajstić information content (AvgIpc) is 2.86. The van der Waals surface area contributed by atoms with Crippen LogP contribution in [0.15, 0.2) is 30.3 Å². The van der Waals surface area contributed by atoms with Gasteiger partial charge in [0.1, 0.15) is 0 Å². The molecular weight excluding hydrogens is 284 g/mol. The summed E-state index contributed by atoms with van der Waals surface area (Å²) in [6.45, 7) is 4.04. The second-order valence-electron chi connectivity index (χ2n) is 6.28. The van der Waals surface area contributed by atoms with E-state index in [0.29, 0.717) is 13.1 Å². The molecule has 5 heteroatoms. The van der Waals surface area contributed by atoms with Gasteiger partial charge in [-0.25, -0.2) is 12.7 Å². The summed E-state index contributed by atoms with van der Waals surface area (Å²) in [5, 5.41) is 0. The lowest BCUT2D eigenvalue weighted by Crippen LogP contribution is -2.56. The van der Waals surface area contributed by atoms with Gasteiger partial charge in [0.25, 0.3) is 0 Å². The number of nitrogens with zero attached hydrogens (tertiary/aromatic N) is 2. The van der Waals surface area contributed by atoms with Crippen LogP contribution in [0.5, 0.6) is 0 Å². The highest BCUT2D eigenvalue weighted by atomic mass is 32.2. The Labute approximate surface area is 127 Å². The van der Waals surface area contributed by atoms with Gasteiger partial charge in [0.15, 0.2) is 0 Å². The molecule has 2 unspecified atom stereocenters. The molecule has 2 aliphatic heterocycles. The maximum absolute atomic E-state index is 12.2. The van der Waals surface area contributed by atoms with E-state index in [0.717, 1.165) is 19.4 Å². The van der Waals surface area contributed by atoms with Gasteiger partial charge in [0, 0.05) is 24.5 Å². The zero-order valence-corrected chi connectivity index (χ0v) is 13.6. The molecule has 2 heterocycles. The first-order valence-corrected chi connectivity index (χ1v) is 9.34. The molecule has 21 heavy (non-hydrogen) atoms. The lowest BCUT2D eigenvalue weighted by atomic mass is 9.70. The van der Waals surface area contributed by atoms with Gasteiger partial charge in [0.05, 0.1) is 5.75 Å². The molecule has 0 radical (unpaired) electrons. The van der Waals surface area contributed by atoms with Crippen molar-refractivity contribution in [3.63, 3.8) is 0 Å². The molecule has 0 N–H and O–H groups in total. The molecule has 0 aliphatic carbocycles. The third kappa shape index (κ3) is 2.41. The first-order valence-electron chi connectivity index (χ1n) is 7.73. The Kier molecular flexibility index (Phi) is 3.84. The number of hydrogen-bond acceptors (Lipinski definition) is 3. The van der Waals surface area contributed by atoms with E-state index in [9.17, 15) is 8.42 Å². The Morgan fingerprint density at radius 2 is 1.86 bits per heavy atom. The Morgan fingerprint density at radius 1 is 1.19 bits per heavy atom. The van der Waals surface area contributed by atoms with Crippen LogP contribution in [0.4, 0.5) is 0 Å². The van der Waals surface area contributed by atoms with Crippen molar-refractivity contribution < 1.29 is 8.42 Å². The standard InChI is InChI=1S/C16H24N2O2S/c1-3-21(19,20)18-12-10-16(14-7-5-4-6-8-14)9-11-17(2)15(16)13-18/h4-8,15H,3,9-13H2,1-2H3. The van der Waals surface area contributed by atoms with E-state index in [1.54, 1.807) is 11.2 Å². The minimum Gasteiger partial charge on any atom is -0.301 e. The van der Waals surface area contributed by atoms with Crippen molar-refractivity contribution >= 4 is 10.0 Å². The Hall–Kier alpha value is -0.910. The lowest BCUT2D eigenvalue weighted by molar-refractivity contribution is 0.147. The summed E-state index contributed by atoms with van der Waals surface area (Å²) < 4.78 is 26.1. The summed E-state index contributed by atoms with van der Waals surface area (Å²) in [5.74, 6) is 0.196. The van der Waals surface area contributed by atoms with Crippen LogP contribution in [-0.2, 0) is 15.4 Å². The first kappa shape index (κ1) is 15.0. The summed E-state index contributed by atoms with van der Waals surface area (Å²) in [6, 6.07) is 10.9. The van der Waals surface area contributed by atoms with Gasteiger partial charge in [0.2, 0.25) is 10.0 Å². The second-order valence-corrected chi connectivity index (χ2v) is 8.53. The number of fused-ring (bicyclic) bond motifs is 1. The third-order valence-electron chi connectivity index (χ3n) is 5.37. The Bertz CT molecular complexity index is 602. The second kappa shape index (κ2) is 5.38. The predicted octanol–water partition coefficient (Wildman–Crippen LogP) is 1.68. The molecule has 2 atom stereocenters.